The van der Waals surface area contributed by atoms with Gasteiger partial charge in [0.2, 0.25) is 0 Å². The Labute approximate surface area is 152 Å². The van der Waals surface area contributed by atoms with Gasteiger partial charge in [0, 0.05) is 50.5 Å². The highest BCUT2D eigenvalue weighted by Gasteiger charge is 2.25. The van der Waals surface area contributed by atoms with E-state index in [1.54, 1.807) is 31.0 Å². The summed E-state index contributed by atoms with van der Waals surface area (Å²) in [6, 6.07) is 0. The van der Waals surface area contributed by atoms with Crippen molar-refractivity contribution in [1.29, 1.82) is 0 Å². The molecule has 1 N–H and O–H groups in total. The molecule has 0 atom stereocenters. The third-order valence-corrected chi connectivity index (χ3v) is 4.81. The molecule has 1 aliphatic rings. The summed E-state index contributed by atoms with van der Waals surface area (Å²) in [5.74, 6) is 1.85. The third kappa shape index (κ3) is 3.70. The number of hydrogen-bond donors (Lipinski definition) is 1. The number of nitrogens with one attached hydrogen (secondary N) is 1. The Morgan fingerprint density at radius 2 is 1.81 bits per heavy atom. The van der Waals surface area contributed by atoms with E-state index < -0.39 is 0 Å². The highest BCUT2D eigenvalue weighted by molar-refractivity contribution is 5.53. The first-order valence-electron chi connectivity index (χ1n) is 8.81. The number of likely N-dealkylation sites (tertiary alicyclic amines) is 1. The Morgan fingerprint density at radius 3 is 2.54 bits per heavy atom. The Kier molecular flexibility index (Phi) is 4.83. The lowest BCUT2D eigenvalue weighted by Gasteiger charge is -2.32. The topological polar surface area (TPSA) is 84.7 Å². The van der Waals surface area contributed by atoms with E-state index in [1.165, 1.54) is 5.69 Å². The van der Waals surface area contributed by atoms with Gasteiger partial charge in [0.05, 0.1) is 23.9 Å². The van der Waals surface area contributed by atoms with E-state index >= 15 is 0 Å². The Bertz CT molecular complexity index is 839. The van der Waals surface area contributed by atoms with Gasteiger partial charge in [-0.3, -0.25) is 14.9 Å². The summed E-state index contributed by atoms with van der Waals surface area (Å²) in [6.45, 7) is 3.02. The van der Waals surface area contributed by atoms with E-state index in [0.29, 0.717) is 11.7 Å². The fraction of sp³-hybridized carbons (Fsp3) is 0.389. The predicted molar refractivity (Wildman–Crippen MR) is 97.8 cm³/mol. The minimum Gasteiger partial charge on any atom is -0.337 e. The maximum atomic E-state index is 4.61. The summed E-state index contributed by atoms with van der Waals surface area (Å²) >= 11 is 0. The second-order valence-corrected chi connectivity index (χ2v) is 6.55. The molecule has 4 rings (SSSR count). The zero-order chi connectivity index (χ0) is 17.8. The van der Waals surface area contributed by atoms with E-state index in [1.807, 2.05) is 19.6 Å². The smallest absolute Gasteiger partial charge is 0.153 e. The van der Waals surface area contributed by atoms with Crippen molar-refractivity contribution < 1.29 is 0 Å². The molecule has 1 saturated heterocycles. The van der Waals surface area contributed by atoms with E-state index in [2.05, 4.69) is 39.7 Å². The maximum absolute atomic E-state index is 4.61. The number of hydrogen-bond acceptors (Lipinski definition) is 7. The van der Waals surface area contributed by atoms with E-state index in [4.69, 9.17) is 0 Å². The van der Waals surface area contributed by atoms with Gasteiger partial charge in [-0.05, 0) is 25.9 Å². The van der Waals surface area contributed by atoms with Crippen LogP contribution in [0.4, 0.5) is 11.6 Å². The monoisotopic (exact) mass is 350 g/mol. The van der Waals surface area contributed by atoms with Crippen molar-refractivity contribution in [2.45, 2.75) is 25.3 Å². The minimum absolute atomic E-state index is 0.394. The van der Waals surface area contributed by atoms with Gasteiger partial charge in [-0.1, -0.05) is 0 Å². The number of piperidine rings is 1. The van der Waals surface area contributed by atoms with Gasteiger partial charge in [0.1, 0.15) is 5.82 Å². The molecule has 0 saturated carbocycles. The molecule has 0 aliphatic carbocycles. The molecule has 134 valence electrons. The molecular formula is C18H22N8. The van der Waals surface area contributed by atoms with Crippen LogP contribution in [0.15, 0.2) is 43.5 Å². The standard InChI is InChI=1S/C18H22N8/c1-25-13-20-10-15(25)12-26-8-2-14(3-9-26)17-18(23-7-6-22-17)24-16-11-19-4-5-21-16/h4-7,10-11,13-14H,2-3,8-9,12H2,1H3,(H,21,23,24). The van der Waals surface area contributed by atoms with Crippen molar-refractivity contribution >= 4 is 11.6 Å². The lowest BCUT2D eigenvalue weighted by atomic mass is 9.93. The summed E-state index contributed by atoms with van der Waals surface area (Å²) in [6.07, 6.45) is 14.4. The van der Waals surface area contributed by atoms with Crippen molar-refractivity contribution in [1.82, 2.24) is 34.4 Å². The van der Waals surface area contributed by atoms with E-state index in [-0.39, 0.29) is 0 Å². The molecule has 1 aliphatic heterocycles. The second-order valence-electron chi connectivity index (χ2n) is 6.55. The van der Waals surface area contributed by atoms with Gasteiger partial charge in [-0.25, -0.2) is 15.0 Å². The molecule has 0 radical (unpaired) electrons. The SMILES string of the molecule is Cn1cncc1CN1CCC(c2nccnc2Nc2cnccn2)CC1. The summed E-state index contributed by atoms with van der Waals surface area (Å²) in [5, 5.41) is 3.25. The largest absolute Gasteiger partial charge is 0.337 e. The summed E-state index contributed by atoms with van der Waals surface area (Å²) in [4.78, 5) is 24.1. The van der Waals surface area contributed by atoms with E-state index in [0.717, 1.165) is 44.0 Å². The molecular weight excluding hydrogens is 328 g/mol. The highest BCUT2D eigenvalue weighted by Crippen LogP contribution is 2.31. The average Bonchev–Trinajstić information content (AvgIpc) is 3.08. The zero-order valence-electron chi connectivity index (χ0n) is 14.8. The van der Waals surface area contributed by atoms with Gasteiger partial charge in [0.15, 0.2) is 5.82 Å². The first kappa shape index (κ1) is 16.6. The third-order valence-electron chi connectivity index (χ3n) is 4.81. The van der Waals surface area contributed by atoms with Gasteiger partial charge < -0.3 is 9.88 Å². The predicted octanol–water partition coefficient (Wildman–Crippen LogP) is 2.12. The molecule has 0 aromatic carbocycles. The molecule has 0 spiro atoms. The van der Waals surface area contributed by atoms with Crippen LogP contribution in [-0.2, 0) is 13.6 Å². The first-order valence-corrected chi connectivity index (χ1v) is 8.81. The molecule has 0 amide bonds. The molecule has 4 heterocycles. The van der Waals surface area contributed by atoms with Crippen molar-refractivity contribution in [2.24, 2.45) is 7.05 Å². The van der Waals surface area contributed by atoms with Crippen LogP contribution in [0.1, 0.15) is 30.1 Å². The molecule has 1 fully saturated rings. The summed E-state index contributed by atoms with van der Waals surface area (Å²) in [7, 11) is 2.04. The van der Waals surface area contributed by atoms with Crippen molar-refractivity contribution in [2.75, 3.05) is 18.4 Å². The van der Waals surface area contributed by atoms with Crippen LogP contribution in [-0.4, -0.2) is 47.5 Å². The van der Waals surface area contributed by atoms with Gasteiger partial charge >= 0.3 is 0 Å². The van der Waals surface area contributed by atoms with Crippen LogP contribution in [0, 0.1) is 0 Å². The van der Waals surface area contributed by atoms with Crippen LogP contribution >= 0.6 is 0 Å². The van der Waals surface area contributed by atoms with Crippen LogP contribution < -0.4 is 5.32 Å². The van der Waals surface area contributed by atoms with Crippen LogP contribution in [0.5, 0.6) is 0 Å². The van der Waals surface area contributed by atoms with Crippen LogP contribution in [0.25, 0.3) is 0 Å². The molecule has 3 aromatic heterocycles. The van der Waals surface area contributed by atoms with Crippen LogP contribution in [0.2, 0.25) is 0 Å². The number of rotatable bonds is 5. The van der Waals surface area contributed by atoms with Gasteiger partial charge in [-0.15, -0.1) is 0 Å². The Hall–Kier alpha value is -2.87. The van der Waals surface area contributed by atoms with E-state index in [9.17, 15) is 0 Å². The van der Waals surface area contributed by atoms with Crippen molar-refractivity contribution in [3.8, 4) is 0 Å². The zero-order valence-corrected chi connectivity index (χ0v) is 14.8. The Balaban J connectivity index is 1.42. The molecule has 8 nitrogen and oxygen atoms in total. The normalized spacial score (nSPS) is 15.9. The van der Waals surface area contributed by atoms with Gasteiger partial charge in [0.25, 0.3) is 0 Å². The maximum Gasteiger partial charge on any atom is 0.153 e. The molecule has 8 heteroatoms. The number of aromatic nitrogens is 6. The van der Waals surface area contributed by atoms with Crippen molar-refractivity contribution in [3.05, 3.63) is 54.9 Å². The minimum atomic E-state index is 0.394. The second kappa shape index (κ2) is 7.57. The summed E-state index contributed by atoms with van der Waals surface area (Å²) in [5.41, 5.74) is 2.26. The number of nitrogens with zero attached hydrogens (tertiary/aromatic N) is 7. The van der Waals surface area contributed by atoms with Crippen LogP contribution in [0.3, 0.4) is 0 Å². The lowest BCUT2D eigenvalue weighted by Crippen LogP contribution is -2.33. The number of aryl methyl sites for hydroxylation is 1. The average molecular weight is 350 g/mol. The summed E-state index contributed by atoms with van der Waals surface area (Å²) < 4.78 is 2.08. The fourth-order valence-corrected chi connectivity index (χ4v) is 3.36. The lowest BCUT2D eigenvalue weighted by molar-refractivity contribution is 0.199. The molecule has 3 aromatic rings. The number of anilines is 2. The van der Waals surface area contributed by atoms with Gasteiger partial charge in [-0.2, -0.15) is 0 Å². The molecule has 26 heavy (non-hydrogen) atoms. The highest BCUT2D eigenvalue weighted by atomic mass is 15.2. The van der Waals surface area contributed by atoms with Crippen molar-refractivity contribution in [3.63, 3.8) is 0 Å². The Morgan fingerprint density at radius 1 is 1.00 bits per heavy atom. The first-order chi connectivity index (χ1) is 12.8. The quantitative estimate of drug-likeness (QED) is 0.754. The number of imidazole rings is 1. The fourth-order valence-electron chi connectivity index (χ4n) is 3.36. The molecule has 0 bridgehead atoms. The molecule has 0 unspecified atom stereocenters.